The average molecular weight is 273 g/mol. The van der Waals surface area contributed by atoms with Gasteiger partial charge in [-0.3, -0.25) is 0 Å². The summed E-state index contributed by atoms with van der Waals surface area (Å²) in [4.78, 5) is 1.08. The molecule has 4 heteroatoms. The van der Waals surface area contributed by atoms with Crippen LogP contribution in [0.5, 0.6) is 0 Å². The quantitative estimate of drug-likeness (QED) is 0.864. The van der Waals surface area contributed by atoms with Crippen LogP contribution < -0.4 is 0 Å². The van der Waals surface area contributed by atoms with E-state index in [1.165, 1.54) is 12.8 Å². The van der Waals surface area contributed by atoms with Gasteiger partial charge in [0.2, 0.25) is 0 Å². The molecule has 0 amide bonds. The minimum Gasteiger partial charge on any atom is -0.396 e. The van der Waals surface area contributed by atoms with Crippen molar-refractivity contribution in [3.8, 4) is 0 Å². The first-order chi connectivity index (χ1) is 8.11. The molecule has 2 nitrogen and oxygen atoms in total. The van der Waals surface area contributed by atoms with E-state index in [4.69, 9.17) is 16.7 Å². The zero-order chi connectivity index (χ0) is 12.4. The molecule has 1 saturated carbocycles. The van der Waals surface area contributed by atoms with Crippen molar-refractivity contribution in [1.29, 1.82) is 0 Å². The molecule has 0 saturated heterocycles. The summed E-state index contributed by atoms with van der Waals surface area (Å²) in [7, 11) is 0. The zero-order valence-electron chi connectivity index (χ0n) is 9.77. The lowest BCUT2D eigenvalue weighted by Gasteiger charge is -2.17. The second-order valence-electron chi connectivity index (χ2n) is 4.61. The summed E-state index contributed by atoms with van der Waals surface area (Å²) in [5.74, 6) is -0.173. The Morgan fingerprint density at radius 1 is 1.47 bits per heavy atom. The van der Waals surface area contributed by atoms with Crippen molar-refractivity contribution in [2.45, 2.75) is 36.0 Å². The van der Waals surface area contributed by atoms with Crippen LogP contribution in [0.2, 0.25) is 5.02 Å². The van der Waals surface area contributed by atoms with Crippen molar-refractivity contribution < 1.29 is 10.2 Å². The molecule has 1 fully saturated rings. The van der Waals surface area contributed by atoms with Gasteiger partial charge in [-0.25, -0.2) is 0 Å². The molecule has 0 spiro atoms. The normalized spacial score (nSPS) is 19.1. The Morgan fingerprint density at radius 3 is 2.71 bits per heavy atom. The first-order valence-electron chi connectivity index (χ1n) is 5.87. The first-order valence-corrected chi connectivity index (χ1v) is 7.12. The third kappa shape index (κ3) is 3.38. The fraction of sp³-hybridized carbons (Fsp3) is 0.538. The highest BCUT2D eigenvalue weighted by atomic mass is 35.5. The molecular formula is C13H17ClO2S. The van der Waals surface area contributed by atoms with Gasteiger partial charge in [0.1, 0.15) is 0 Å². The smallest absolute Gasteiger partial charge is 0.0837 e. The summed E-state index contributed by atoms with van der Waals surface area (Å²) in [5.41, 5.74) is 0.775. The number of aliphatic hydroxyl groups is 2. The SMILES string of the molecule is C[C@H](CO)[C@H](O)c1ccc(SC2CC2)c(Cl)c1. The fourth-order valence-electron chi connectivity index (χ4n) is 1.59. The van der Waals surface area contributed by atoms with Crippen molar-refractivity contribution in [3.05, 3.63) is 28.8 Å². The molecule has 1 aromatic rings. The van der Waals surface area contributed by atoms with Crippen LogP contribution in [0.1, 0.15) is 31.4 Å². The number of thioether (sulfide) groups is 1. The van der Waals surface area contributed by atoms with E-state index in [0.717, 1.165) is 15.7 Å². The van der Waals surface area contributed by atoms with Gasteiger partial charge in [0, 0.05) is 22.7 Å². The predicted molar refractivity (Wildman–Crippen MR) is 71.5 cm³/mol. The van der Waals surface area contributed by atoms with E-state index in [2.05, 4.69) is 0 Å². The van der Waals surface area contributed by atoms with Gasteiger partial charge in [0.05, 0.1) is 11.1 Å². The van der Waals surface area contributed by atoms with Crippen molar-refractivity contribution in [2.75, 3.05) is 6.61 Å². The molecule has 0 aliphatic heterocycles. The minimum absolute atomic E-state index is 0.0304. The Kier molecular flexibility index (Phi) is 4.36. The van der Waals surface area contributed by atoms with E-state index in [9.17, 15) is 5.11 Å². The average Bonchev–Trinajstić information content (AvgIpc) is 3.13. The standard InChI is InChI=1S/C13H17ClO2S/c1-8(7-15)13(16)9-2-5-12(11(14)6-9)17-10-3-4-10/h2,5-6,8,10,13,15-16H,3-4,7H2,1H3/t8-,13+/m1/s1. The lowest BCUT2D eigenvalue weighted by molar-refractivity contribution is 0.0770. The van der Waals surface area contributed by atoms with Gasteiger partial charge in [-0.2, -0.15) is 0 Å². The number of hydrogen-bond acceptors (Lipinski definition) is 3. The molecule has 2 atom stereocenters. The number of halogens is 1. The Labute approximate surface area is 111 Å². The van der Waals surface area contributed by atoms with E-state index in [1.54, 1.807) is 0 Å². The molecule has 1 aliphatic carbocycles. The van der Waals surface area contributed by atoms with Crippen LogP contribution in [0, 0.1) is 5.92 Å². The molecule has 94 valence electrons. The zero-order valence-corrected chi connectivity index (χ0v) is 11.3. The largest absolute Gasteiger partial charge is 0.396 e. The van der Waals surface area contributed by atoms with Gasteiger partial charge >= 0.3 is 0 Å². The maximum atomic E-state index is 9.97. The number of aliphatic hydroxyl groups excluding tert-OH is 2. The van der Waals surface area contributed by atoms with Crippen molar-refractivity contribution in [3.63, 3.8) is 0 Å². The molecule has 2 rings (SSSR count). The first kappa shape index (κ1) is 13.2. The van der Waals surface area contributed by atoms with Gasteiger partial charge < -0.3 is 10.2 Å². The monoisotopic (exact) mass is 272 g/mol. The highest BCUT2D eigenvalue weighted by Gasteiger charge is 2.24. The topological polar surface area (TPSA) is 40.5 Å². The predicted octanol–water partition coefficient (Wildman–Crippen LogP) is 3.26. The summed E-state index contributed by atoms with van der Waals surface area (Å²) in [5, 5.41) is 20.4. The molecule has 2 N–H and O–H groups in total. The second kappa shape index (κ2) is 5.61. The lowest BCUT2D eigenvalue weighted by Crippen LogP contribution is -2.12. The molecular weight excluding hydrogens is 256 g/mol. The van der Waals surface area contributed by atoms with Gasteiger partial charge in [0.25, 0.3) is 0 Å². The van der Waals surface area contributed by atoms with Gasteiger partial charge in [-0.1, -0.05) is 24.6 Å². The number of benzene rings is 1. The molecule has 0 bridgehead atoms. The van der Waals surface area contributed by atoms with Gasteiger partial charge in [-0.05, 0) is 30.5 Å². The molecule has 17 heavy (non-hydrogen) atoms. The van der Waals surface area contributed by atoms with Crippen LogP contribution in [0.15, 0.2) is 23.1 Å². The van der Waals surface area contributed by atoms with E-state index in [0.29, 0.717) is 5.02 Å². The summed E-state index contributed by atoms with van der Waals surface area (Å²) >= 11 is 8.01. The lowest BCUT2D eigenvalue weighted by atomic mass is 9.98. The highest BCUT2D eigenvalue weighted by molar-refractivity contribution is 8.00. The third-order valence-electron chi connectivity index (χ3n) is 2.94. The molecule has 1 aliphatic rings. The van der Waals surface area contributed by atoms with Gasteiger partial charge in [-0.15, -0.1) is 11.8 Å². The molecule has 0 radical (unpaired) electrons. The molecule has 0 heterocycles. The summed E-state index contributed by atoms with van der Waals surface area (Å²) in [6.07, 6.45) is 1.89. The van der Waals surface area contributed by atoms with Crippen LogP contribution in [0.4, 0.5) is 0 Å². The van der Waals surface area contributed by atoms with Crippen LogP contribution in [-0.2, 0) is 0 Å². The Morgan fingerprint density at radius 2 is 2.18 bits per heavy atom. The van der Waals surface area contributed by atoms with Crippen molar-refractivity contribution in [2.24, 2.45) is 5.92 Å². The third-order valence-corrected chi connectivity index (χ3v) is 4.78. The number of hydrogen-bond donors (Lipinski definition) is 2. The van der Waals surface area contributed by atoms with Crippen molar-refractivity contribution >= 4 is 23.4 Å². The summed E-state index contributed by atoms with van der Waals surface area (Å²) < 4.78 is 0. The van der Waals surface area contributed by atoms with Crippen LogP contribution >= 0.6 is 23.4 Å². The van der Waals surface area contributed by atoms with Crippen LogP contribution in [0.3, 0.4) is 0 Å². The van der Waals surface area contributed by atoms with Crippen LogP contribution in [0.25, 0.3) is 0 Å². The fourth-order valence-corrected chi connectivity index (χ4v) is 2.96. The highest BCUT2D eigenvalue weighted by Crippen LogP contribution is 2.42. The van der Waals surface area contributed by atoms with Crippen molar-refractivity contribution in [1.82, 2.24) is 0 Å². The molecule has 0 unspecified atom stereocenters. The molecule has 0 aromatic heterocycles. The van der Waals surface area contributed by atoms with E-state index in [1.807, 2.05) is 36.9 Å². The summed E-state index contributed by atoms with van der Waals surface area (Å²) in [6, 6.07) is 5.67. The summed E-state index contributed by atoms with van der Waals surface area (Å²) in [6.45, 7) is 1.78. The molecule has 1 aromatic carbocycles. The van der Waals surface area contributed by atoms with Crippen LogP contribution in [-0.4, -0.2) is 22.1 Å². The Hall–Kier alpha value is -0.220. The Balaban J connectivity index is 2.11. The van der Waals surface area contributed by atoms with E-state index >= 15 is 0 Å². The maximum absolute atomic E-state index is 9.97. The van der Waals surface area contributed by atoms with Gasteiger partial charge in [0.15, 0.2) is 0 Å². The van der Waals surface area contributed by atoms with E-state index in [-0.39, 0.29) is 12.5 Å². The maximum Gasteiger partial charge on any atom is 0.0837 e. The Bertz CT molecular complexity index is 393. The number of rotatable bonds is 5. The second-order valence-corrected chi connectivity index (χ2v) is 6.36. The van der Waals surface area contributed by atoms with E-state index < -0.39 is 6.10 Å². The minimum atomic E-state index is -0.655.